The van der Waals surface area contributed by atoms with E-state index in [0.29, 0.717) is 0 Å². The highest BCUT2D eigenvalue weighted by Gasteiger charge is 2.44. The molecule has 0 spiro atoms. The summed E-state index contributed by atoms with van der Waals surface area (Å²) in [7, 11) is 2.20. The third-order valence-electron chi connectivity index (χ3n) is 9.49. The average Bonchev–Trinajstić information content (AvgIpc) is 3.09. The number of rotatable bonds is 0. The Morgan fingerprint density at radius 3 is 1.45 bits per heavy atom. The third-order valence-corrected chi connectivity index (χ3v) is 9.49. The Labute approximate surface area is 202 Å². The van der Waals surface area contributed by atoms with Gasteiger partial charge in [0.1, 0.15) is 7.05 Å². The molecule has 2 aromatic carbocycles. The SMILES string of the molecule is CC1=Nc2c(C)c(C)c(C)c(C)c2C1(C)C.CC1=[N+](C)c2c(C)c(C)c(C)c(C)c2C1(C)C. The molecule has 0 aliphatic carbocycles. The van der Waals surface area contributed by atoms with Crippen LogP contribution in [0.5, 0.6) is 0 Å². The second-order valence-corrected chi connectivity index (χ2v) is 11.5. The Bertz CT molecular complexity index is 1250. The standard InChI is InChI=1S/C16H24N.C15H21N/c1-9-10(2)12(4)15-14(11(9)3)16(6,7)13(5)17(15)8;1-8-9(2)11(4)14-13(10(8)3)15(6,7)12(5)16-14/h1-8H3;1-7H3/q+1;. The van der Waals surface area contributed by atoms with Crippen molar-refractivity contribution < 1.29 is 4.58 Å². The predicted octanol–water partition coefficient (Wildman–Crippen LogP) is 8.25. The lowest BCUT2D eigenvalue weighted by Crippen LogP contribution is -2.26. The molecule has 0 atom stereocenters. The van der Waals surface area contributed by atoms with Gasteiger partial charge in [-0.3, -0.25) is 4.99 Å². The number of nitrogens with zero attached hydrogens (tertiary/aromatic N) is 2. The fourth-order valence-electron chi connectivity index (χ4n) is 5.93. The third kappa shape index (κ3) is 3.44. The number of benzene rings is 2. The van der Waals surface area contributed by atoms with Crippen molar-refractivity contribution in [3.63, 3.8) is 0 Å². The van der Waals surface area contributed by atoms with Gasteiger partial charge >= 0.3 is 0 Å². The van der Waals surface area contributed by atoms with Crippen LogP contribution in [-0.4, -0.2) is 23.0 Å². The van der Waals surface area contributed by atoms with Crippen LogP contribution >= 0.6 is 0 Å². The molecule has 0 aromatic heterocycles. The van der Waals surface area contributed by atoms with Crippen LogP contribution < -0.4 is 0 Å². The molecule has 33 heavy (non-hydrogen) atoms. The lowest BCUT2D eigenvalue weighted by Gasteiger charge is -2.24. The number of fused-ring (bicyclic) bond motifs is 2. The van der Waals surface area contributed by atoms with Crippen molar-refractivity contribution in [3.05, 3.63) is 55.6 Å². The first-order valence-electron chi connectivity index (χ1n) is 12.3. The van der Waals surface area contributed by atoms with Crippen LogP contribution in [0.15, 0.2) is 4.99 Å². The molecule has 2 aliphatic rings. The first-order valence-corrected chi connectivity index (χ1v) is 12.3. The van der Waals surface area contributed by atoms with Gasteiger partial charge in [-0.15, -0.1) is 0 Å². The zero-order valence-electron chi connectivity index (χ0n) is 23.9. The minimum absolute atomic E-state index is 0.0998. The molecule has 178 valence electrons. The molecule has 2 heteroatoms. The molecule has 2 aliphatic heterocycles. The summed E-state index contributed by atoms with van der Waals surface area (Å²) in [5.74, 6) is 0. The molecule has 2 aromatic rings. The van der Waals surface area contributed by atoms with Gasteiger partial charge in [0.2, 0.25) is 5.69 Å². The number of hydrogen-bond acceptors (Lipinski definition) is 1. The van der Waals surface area contributed by atoms with Crippen molar-refractivity contribution in [1.82, 2.24) is 0 Å². The summed E-state index contributed by atoms with van der Waals surface area (Å²) >= 11 is 0. The zero-order valence-corrected chi connectivity index (χ0v) is 23.9. The molecule has 0 N–H and O–H groups in total. The maximum atomic E-state index is 4.78. The van der Waals surface area contributed by atoms with Crippen LogP contribution in [0.25, 0.3) is 0 Å². The summed E-state index contributed by atoms with van der Waals surface area (Å²) in [6.07, 6.45) is 0. The van der Waals surface area contributed by atoms with E-state index >= 15 is 0 Å². The zero-order chi connectivity index (χ0) is 25.4. The summed E-state index contributed by atoms with van der Waals surface area (Å²) in [4.78, 5) is 4.78. The van der Waals surface area contributed by atoms with E-state index in [1.807, 2.05) is 0 Å². The monoisotopic (exact) mass is 445 g/mol. The minimum atomic E-state index is 0.0998. The van der Waals surface area contributed by atoms with Gasteiger partial charge < -0.3 is 0 Å². The number of hydrogen-bond donors (Lipinski definition) is 0. The van der Waals surface area contributed by atoms with Crippen LogP contribution in [0.3, 0.4) is 0 Å². The van der Waals surface area contributed by atoms with Crippen molar-refractivity contribution >= 4 is 22.8 Å². The van der Waals surface area contributed by atoms with Crippen molar-refractivity contribution in [3.8, 4) is 0 Å². The summed E-state index contributed by atoms with van der Waals surface area (Å²) in [5.41, 5.74) is 20.0. The summed E-state index contributed by atoms with van der Waals surface area (Å²) in [5, 5.41) is 0. The summed E-state index contributed by atoms with van der Waals surface area (Å²) in [6, 6.07) is 0. The molecule has 0 bridgehead atoms. The van der Waals surface area contributed by atoms with E-state index in [2.05, 4.69) is 109 Å². The molecular weight excluding hydrogens is 400 g/mol. The molecule has 4 rings (SSSR count). The molecule has 0 amide bonds. The maximum absolute atomic E-state index is 4.78. The molecule has 0 saturated heterocycles. The van der Waals surface area contributed by atoms with E-state index in [0.717, 1.165) is 0 Å². The van der Waals surface area contributed by atoms with E-state index in [9.17, 15) is 0 Å². The fraction of sp³-hybridized carbons (Fsp3) is 0.548. The van der Waals surface area contributed by atoms with Gasteiger partial charge in [0.15, 0.2) is 5.71 Å². The lowest BCUT2D eigenvalue weighted by molar-refractivity contribution is -0.403. The van der Waals surface area contributed by atoms with Crippen LogP contribution in [0.2, 0.25) is 0 Å². The van der Waals surface area contributed by atoms with E-state index in [-0.39, 0.29) is 10.8 Å². The molecule has 0 radical (unpaired) electrons. The van der Waals surface area contributed by atoms with Crippen molar-refractivity contribution in [2.45, 2.75) is 108 Å². The Hall–Kier alpha value is -2.22. The number of aliphatic imine (C=N–C) groups is 1. The summed E-state index contributed by atoms with van der Waals surface area (Å²) in [6.45, 7) is 31.5. The maximum Gasteiger partial charge on any atom is 0.212 e. The first-order chi connectivity index (χ1) is 15.0. The van der Waals surface area contributed by atoms with Crippen LogP contribution in [0.1, 0.15) is 97.2 Å². The van der Waals surface area contributed by atoms with Crippen molar-refractivity contribution in [2.75, 3.05) is 7.05 Å². The highest BCUT2D eigenvalue weighted by atomic mass is 15.0. The average molecular weight is 446 g/mol. The molecular formula is C31H45N2+. The van der Waals surface area contributed by atoms with Crippen LogP contribution in [0, 0.1) is 55.4 Å². The van der Waals surface area contributed by atoms with Crippen molar-refractivity contribution in [2.24, 2.45) is 4.99 Å². The van der Waals surface area contributed by atoms with Gasteiger partial charge in [-0.2, -0.15) is 0 Å². The highest BCUT2D eigenvalue weighted by Crippen LogP contribution is 2.46. The predicted molar refractivity (Wildman–Crippen MR) is 146 cm³/mol. The van der Waals surface area contributed by atoms with Gasteiger partial charge in [-0.05, 0) is 121 Å². The Kier molecular flexibility index (Phi) is 6.10. The quantitative estimate of drug-likeness (QED) is 0.363. The highest BCUT2D eigenvalue weighted by molar-refractivity contribution is 6.01. The van der Waals surface area contributed by atoms with Crippen LogP contribution in [0.4, 0.5) is 11.4 Å². The van der Waals surface area contributed by atoms with Gasteiger partial charge in [-0.25, -0.2) is 4.58 Å². The lowest BCUT2D eigenvalue weighted by atomic mass is 9.77. The van der Waals surface area contributed by atoms with E-state index in [1.54, 1.807) is 0 Å². The Balaban J connectivity index is 0.000000186. The minimum Gasteiger partial charge on any atom is -0.257 e. The largest absolute Gasteiger partial charge is 0.257 e. The van der Waals surface area contributed by atoms with Gasteiger partial charge in [-0.1, -0.05) is 13.8 Å². The van der Waals surface area contributed by atoms with Gasteiger partial charge in [0.25, 0.3) is 0 Å². The van der Waals surface area contributed by atoms with Gasteiger partial charge in [0, 0.05) is 29.2 Å². The smallest absolute Gasteiger partial charge is 0.212 e. The fourth-order valence-corrected chi connectivity index (χ4v) is 5.93. The molecule has 0 fully saturated rings. The Morgan fingerprint density at radius 2 is 0.939 bits per heavy atom. The molecule has 2 heterocycles. The summed E-state index contributed by atoms with van der Waals surface area (Å²) < 4.78 is 2.38. The second kappa shape index (κ2) is 7.93. The topological polar surface area (TPSA) is 15.4 Å². The normalized spacial score (nSPS) is 17.5. The van der Waals surface area contributed by atoms with E-state index in [1.165, 1.54) is 78.4 Å². The molecule has 0 saturated carbocycles. The van der Waals surface area contributed by atoms with Crippen LogP contribution in [-0.2, 0) is 10.8 Å². The van der Waals surface area contributed by atoms with E-state index in [4.69, 9.17) is 4.99 Å². The Morgan fingerprint density at radius 1 is 0.515 bits per heavy atom. The second-order valence-electron chi connectivity index (χ2n) is 11.5. The van der Waals surface area contributed by atoms with Gasteiger partial charge in [0.05, 0.1) is 11.1 Å². The van der Waals surface area contributed by atoms with E-state index < -0.39 is 0 Å². The van der Waals surface area contributed by atoms with Crippen molar-refractivity contribution in [1.29, 1.82) is 0 Å². The first kappa shape index (κ1) is 25.4. The molecule has 2 nitrogen and oxygen atoms in total. The molecule has 0 unspecified atom stereocenters.